The van der Waals surface area contributed by atoms with Gasteiger partial charge < -0.3 is 9.47 Å². The summed E-state index contributed by atoms with van der Waals surface area (Å²) < 4.78 is -17.2. The first-order valence-electron chi connectivity index (χ1n) is 8.89. The Kier molecular flexibility index (Phi) is 13.9. The Labute approximate surface area is 318 Å². The Morgan fingerprint density at radius 1 is 0.513 bits per heavy atom. The topological polar surface area (TPSA) is 35.5 Å². The number of carbonyl (C=O) groups excluding carboxylic acids is 1. The largest absolute Gasteiger partial charge is 0.465 e. The van der Waals surface area contributed by atoms with Crippen molar-refractivity contribution in [3.63, 3.8) is 0 Å². The van der Waals surface area contributed by atoms with E-state index in [1.165, 1.54) is 31.4 Å². The number of halogens is 19. The molecule has 0 aliphatic carbocycles. The van der Waals surface area contributed by atoms with Crippen LogP contribution in [0.5, 0.6) is 5.75 Å². The maximum absolute atomic E-state index is 11.6. The van der Waals surface area contributed by atoms with Gasteiger partial charge >= 0.3 is 5.97 Å². The molecule has 0 saturated heterocycles. The van der Waals surface area contributed by atoms with Gasteiger partial charge in [-0.05, 0) is 24.3 Å². The molecule has 0 unspecified atom stereocenters. The van der Waals surface area contributed by atoms with E-state index in [1.807, 2.05) is 0 Å². The predicted octanol–water partition coefficient (Wildman–Crippen LogP) is 12.6. The van der Waals surface area contributed by atoms with Gasteiger partial charge in [-0.1, -0.05) is 220 Å². The first-order chi connectivity index (χ1) is 16.9. The second-order valence-corrected chi connectivity index (χ2v) is 20.0. The second kappa shape index (κ2) is 13.2. The first-order valence-corrected chi connectivity index (χ1v) is 16.1. The molecule has 1 aromatic rings. The van der Waals surface area contributed by atoms with E-state index in [1.54, 1.807) is 0 Å². The lowest BCUT2D eigenvalue weighted by Gasteiger charge is -2.55. The molecule has 0 heterocycles. The highest BCUT2D eigenvalue weighted by Crippen LogP contribution is 2.73. The van der Waals surface area contributed by atoms with Gasteiger partial charge in [0.1, 0.15) is 5.75 Å². The quantitative estimate of drug-likeness (QED) is 0.173. The summed E-state index contributed by atoms with van der Waals surface area (Å²) in [7, 11) is 1.18. The van der Waals surface area contributed by atoms with Crippen LogP contribution < -0.4 is 4.74 Å². The fraction of sp³-hybridized carbons (Fsp3) is 0.588. The van der Waals surface area contributed by atoms with Crippen LogP contribution in [0.1, 0.15) is 10.4 Å². The minimum atomic E-state index is -3.20. The van der Waals surface area contributed by atoms with Gasteiger partial charge in [0.25, 0.3) is 4.52 Å². The molecule has 0 aliphatic rings. The number of alkyl halides is 19. The first kappa shape index (κ1) is 41.0. The molecule has 3 nitrogen and oxygen atoms in total. The molecule has 22 heteroatoms. The fourth-order valence-corrected chi connectivity index (χ4v) is 8.13. The molecule has 0 spiro atoms. The highest BCUT2D eigenvalue weighted by molar-refractivity contribution is 6.83. The lowest BCUT2D eigenvalue weighted by molar-refractivity contribution is 0.0600. The Bertz CT molecular complexity index is 1040. The molecule has 1 aromatic carbocycles. The molecule has 0 atom stereocenters. The third-order valence-corrected chi connectivity index (χ3v) is 17.4. The number of hydrogen-bond donors (Lipinski definition) is 0. The van der Waals surface area contributed by atoms with Crippen molar-refractivity contribution in [2.45, 2.75) is 38.6 Å². The molecule has 0 bridgehead atoms. The smallest absolute Gasteiger partial charge is 0.337 e. The van der Waals surface area contributed by atoms with Gasteiger partial charge in [-0.15, -0.1) is 0 Å². The number of carbonyl (C=O) groups is 1. The van der Waals surface area contributed by atoms with Crippen LogP contribution in [-0.4, -0.2) is 51.7 Å². The van der Waals surface area contributed by atoms with Crippen LogP contribution in [0, 0.1) is 0 Å². The zero-order valence-electron chi connectivity index (χ0n) is 17.7. The monoisotopic (exact) mass is 923 g/mol. The summed E-state index contributed by atoms with van der Waals surface area (Å²) in [5, 5.41) is 0. The average molecular weight is 933 g/mol. The maximum Gasteiger partial charge on any atom is 0.337 e. The maximum atomic E-state index is 11.6. The molecule has 0 radical (unpaired) electrons. The minimum Gasteiger partial charge on any atom is -0.465 e. The Hall–Kier alpha value is 4.00. The highest BCUT2D eigenvalue weighted by Gasteiger charge is 2.83. The van der Waals surface area contributed by atoms with E-state index < -0.39 is 44.6 Å². The van der Waals surface area contributed by atoms with E-state index in [0.29, 0.717) is 0 Å². The molecule has 0 amide bonds. The lowest BCUT2D eigenvalue weighted by atomic mass is 10.0. The van der Waals surface area contributed by atoms with Crippen LogP contribution in [0.3, 0.4) is 0 Å². The summed E-state index contributed by atoms with van der Waals surface area (Å²) in [6, 6.07) is 5.03. The molecule has 0 aliphatic heterocycles. The summed E-state index contributed by atoms with van der Waals surface area (Å²) in [4.78, 5) is 11.6. The zero-order chi connectivity index (χ0) is 31.5. The van der Waals surface area contributed by atoms with Crippen LogP contribution in [0.4, 0.5) is 0 Å². The van der Waals surface area contributed by atoms with Gasteiger partial charge in [0.15, 0.2) is 21.7 Å². The van der Waals surface area contributed by atoms with Crippen molar-refractivity contribution in [2.75, 3.05) is 7.11 Å². The second-order valence-electron chi connectivity index (χ2n) is 7.15. The molecular weight excluding hydrogens is 926 g/mol. The van der Waals surface area contributed by atoms with E-state index in [4.69, 9.17) is 225 Å². The third kappa shape index (κ3) is 7.14. The van der Waals surface area contributed by atoms with Crippen molar-refractivity contribution in [3.8, 4) is 5.75 Å². The van der Waals surface area contributed by atoms with Gasteiger partial charge in [0.05, 0.1) is 12.7 Å². The molecule has 0 N–H and O–H groups in total. The van der Waals surface area contributed by atoms with Gasteiger partial charge in [-0.25, -0.2) is 4.79 Å². The highest BCUT2D eigenvalue weighted by atomic mass is 35.6. The molecular formula is C17H7Cl19O3. The van der Waals surface area contributed by atoms with E-state index in [2.05, 4.69) is 4.74 Å². The lowest BCUT2D eigenvalue weighted by Crippen LogP contribution is -2.72. The van der Waals surface area contributed by atoms with E-state index in [9.17, 15) is 4.79 Å². The molecule has 0 aromatic heterocycles. The Morgan fingerprint density at radius 3 is 1.13 bits per heavy atom. The SMILES string of the molecule is COC(=O)c1ccc(OC(Cl)(Cl)C(Cl)(Cl)C(Cl)(Cl)C(Cl)(Cl)C(Cl)(Cl)C(Cl)(Cl)C(Cl)(Cl)C(Cl)(Cl)C(Cl)(Cl)Cl)cc1. The van der Waals surface area contributed by atoms with Crippen molar-refractivity contribution in [2.24, 2.45) is 0 Å². The summed E-state index contributed by atoms with van der Waals surface area (Å²) >= 11 is 118. The molecule has 0 fully saturated rings. The van der Waals surface area contributed by atoms with Crippen molar-refractivity contribution < 1.29 is 14.3 Å². The van der Waals surface area contributed by atoms with Crippen molar-refractivity contribution >= 4 is 226 Å². The Morgan fingerprint density at radius 2 is 0.821 bits per heavy atom. The number of benzene rings is 1. The average Bonchev–Trinajstić information content (AvgIpc) is 2.77. The standard InChI is InChI=1S/C17H7Cl19O3/c1-38-8(37)6-2-4-7(5-3-6)39-17(35,36)15(30,31)13(26,27)11(22,23)9(18,19)10(20,21)12(24,25)14(28,29)16(32,33)34/h2-5H,1H3. The van der Waals surface area contributed by atoms with Crippen LogP contribution in [0.2, 0.25) is 0 Å². The number of hydrogen-bond acceptors (Lipinski definition) is 3. The molecule has 226 valence electrons. The number of rotatable bonds is 10. The van der Waals surface area contributed by atoms with Crippen LogP contribution in [-0.2, 0) is 4.74 Å². The van der Waals surface area contributed by atoms with Crippen molar-refractivity contribution in [3.05, 3.63) is 29.8 Å². The third-order valence-electron chi connectivity index (χ3n) is 4.61. The predicted molar refractivity (Wildman–Crippen MR) is 174 cm³/mol. The fourth-order valence-electron chi connectivity index (χ4n) is 2.34. The van der Waals surface area contributed by atoms with E-state index in [0.717, 1.165) is 0 Å². The summed E-state index contributed by atoms with van der Waals surface area (Å²) in [6.07, 6.45) is 0. The number of esters is 1. The Balaban J connectivity index is 3.60. The van der Waals surface area contributed by atoms with E-state index in [-0.39, 0.29) is 11.3 Å². The van der Waals surface area contributed by atoms with Crippen molar-refractivity contribution in [1.82, 2.24) is 0 Å². The molecule has 1 rings (SSSR count). The minimum absolute atomic E-state index is 0.124. The van der Waals surface area contributed by atoms with Gasteiger partial charge in [-0.3, -0.25) is 0 Å². The summed E-state index contributed by atoms with van der Waals surface area (Å²) in [6.45, 7) is 0. The van der Waals surface area contributed by atoms with Crippen molar-refractivity contribution in [1.29, 1.82) is 0 Å². The van der Waals surface area contributed by atoms with E-state index >= 15 is 0 Å². The van der Waals surface area contributed by atoms with Gasteiger partial charge in [0, 0.05) is 0 Å². The molecule has 39 heavy (non-hydrogen) atoms. The zero-order valence-corrected chi connectivity index (χ0v) is 32.1. The van der Waals surface area contributed by atoms with Crippen LogP contribution in [0.15, 0.2) is 24.3 Å². The van der Waals surface area contributed by atoms with Gasteiger partial charge in [-0.2, -0.15) is 0 Å². The summed E-state index contributed by atoms with van der Waals surface area (Å²) in [5.41, 5.74) is 0.136. The number of ether oxygens (including phenoxy) is 2. The van der Waals surface area contributed by atoms with Gasteiger partial charge in [0.2, 0.25) is 12.5 Å². The van der Waals surface area contributed by atoms with Crippen LogP contribution in [0.25, 0.3) is 0 Å². The molecule has 0 saturated carbocycles. The normalized spacial score (nSPS) is 15.3. The number of methoxy groups -OCH3 is 1. The summed E-state index contributed by atoms with van der Waals surface area (Å²) in [5.74, 6) is -0.779. The van der Waals surface area contributed by atoms with Crippen LogP contribution >= 0.6 is 220 Å².